The second-order valence-corrected chi connectivity index (χ2v) is 6.10. The van der Waals surface area contributed by atoms with E-state index >= 15 is 0 Å². The third-order valence-corrected chi connectivity index (χ3v) is 3.85. The monoisotopic (exact) mass is 241 g/mol. The minimum Gasteiger partial charge on any atom is -0.375 e. The maximum atomic E-state index is 6.22. The standard InChI is InChI=1S/C15H31NO/c1-5-7-14(4)12-17-15(8-6-9-15)10-11-16-13(2)3/h13-14,16H,5-12H2,1-4H3. The minimum absolute atomic E-state index is 0.226. The molecule has 0 aromatic carbocycles. The van der Waals surface area contributed by atoms with E-state index in [1.165, 1.54) is 38.5 Å². The lowest BCUT2D eigenvalue weighted by molar-refractivity contribution is -0.114. The quantitative estimate of drug-likeness (QED) is 0.664. The van der Waals surface area contributed by atoms with Gasteiger partial charge in [0.05, 0.1) is 5.60 Å². The molecule has 0 saturated heterocycles. The number of nitrogens with one attached hydrogen (secondary N) is 1. The Bertz CT molecular complexity index is 199. The summed E-state index contributed by atoms with van der Waals surface area (Å²) in [5.41, 5.74) is 0.226. The van der Waals surface area contributed by atoms with Crippen molar-refractivity contribution in [2.45, 2.75) is 77.9 Å². The Morgan fingerprint density at radius 1 is 1.24 bits per heavy atom. The molecule has 0 bridgehead atoms. The smallest absolute Gasteiger partial charge is 0.0694 e. The topological polar surface area (TPSA) is 21.3 Å². The summed E-state index contributed by atoms with van der Waals surface area (Å²) in [6, 6.07) is 0.589. The molecule has 17 heavy (non-hydrogen) atoms. The maximum Gasteiger partial charge on any atom is 0.0694 e. The van der Waals surface area contributed by atoms with Gasteiger partial charge in [0.1, 0.15) is 0 Å². The summed E-state index contributed by atoms with van der Waals surface area (Å²) >= 11 is 0. The van der Waals surface area contributed by atoms with Gasteiger partial charge in [-0.15, -0.1) is 0 Å². The fourth-order valence-corrected chi connectivity index (χ4v) is 2.52. The first kappa shape index (κ1) is 15.0. The van der Waals surface area contributed by atoms with E-state index in [4.69, 9.17) is 4.74 Å². The summed E-state index contributed by atoms with van der Waals surface area (Å²) in [6.45, 7) is 11.0. The molecular formula is C15H31NO. The number of rotatable bonds is 9. The Labute approximate surface area is 108 Å². The van der Waals surface area contributed by atoms with Crippen molar-refractivity contribution in [2.24, 2.45) is 5.92 Å². The predicted octanol–water partition coefficient (Wildman–Crippen LogP) is 3.75. The van der Waals surface area contributed by atoms with E-state index in [-0.39, 0.29) is 5.60 Å². The highest BCUT2D eigenvalue weighted by atomic mass is 16.5. The molecule has 1 atom stereocenters. The van der Waals surface area contributed by atoms with Crippen LogP contribution in [0.25, 0.3) is 0 Å². The molecule has 1 rings (SSSR count). The minimum atomic E-state index is 0.226. The average Bonchev–Trinajstić information content (AvgIpc) is 2.20. The van der Waals surface area contributed by atoms with Crippen LogP contribution in [-0.2, 0) is 4.74 Å². The maximum absolute atomic E-state index is 6.22. The number of hydrogen-bond acceptors (Lipinski definition) is 2. The Hall–Kier alpha value is -0.0800. The zero-order valence-electron chi connectivity index (χ0n) is 12.2. The van der Waals surface area contributed by atoms with Crippen molar-refractivity contribution < 1.29 is 4.74 Å². The third kappa shape index (κ3) is 5.39. The van der Waals surface area contributed by atoms with Crippen molar-refractivity contribution in [2.75, 3.05) is 13.2 Å². The van der Waals surface area contributed by atoms with Crippen LogP contribution in [0, 0.1) is 5.92 Å². The zero-order valence-corrected chi connectivity index (χ0v) is 12.2. The molecule has 0 heterocycles. The molecule has 1 aliphatic rings. The van der Waals surface area contributed by atoms with Crippen molar-refractivity contribution in [1.29, 1.82) is 0 Å². The molecular weight excluding hydrogens is 210 g/mol. The summed E-state index contributed by atoms with van der Waals surface area (Å²) in [5, 5.41) is 3.50. The van der Waals surface area contributed by atoms with Gasteiger partial charge in [0.15, 0.2) is 0 Å². The normalized spacial score (nSPS) is 20.3. The largest absolute Gasteiger partial charge is 0.375 e. The molecule has 0 amide bonds. The highest BCUT2D eigenvalue weighted by Crippen LogP contribution is 2.38. The van der Waals surface area contributed by atoms with E-state index in [1.54, 1.807) is 0 Å². The van der Waals surface area contributed by atoms with Crippen LogP contribution in [-0.4, -0.2) is 24.8 Å². The summed E-state index contributed by atoms with van der Waals surface area (Å²) in [7, 11) is 0. The second-order valence-electron chi connectivity index (χ2n) is 6.10. The van der Waals surface area contributed by atoms with Crippen LogP contribution in [0.5, 0.6) is 0 Å². The van der Waals surface area contributed by atoms with Gasteiger partial charge in [-0.1, -0.05) is 34.1 Å². The first-order chi connectivity index (χ1) is 8.08. The lowest BCUT2D eigenvalue weighted by Gasteiger charge is -2.42. The zero-order chi connectivity index (χ0) is 12.7. The van der Waals surface area contributed by atoms with Gasteiger partial charge in [-0.05, 0) is 44.6 Å². The second kappa shape index (κ2) is 7.38. The molecule has 0 aliphatic heterocycles. The van der Waals surface area contributed by atoms with Gasteiger partial charge in [-0.2, -0.15) is 0 Å². The van der Waals surface area contributed by atoms with E-state index in [1.807, 2.05) is 0 Å². The van der Waals surface area contributed by atoms with Crippen LogP contribution in [0.2, 0.25) is 0 Å². The van der Waals surface area contributed by atoms with Gasteiger partial charge in [0.25, 0.3) is 0 Å². The number of hydrogen-bond donors (Lipinski definition) is 1. The molecule has 0 aromatic heterocycles. The highest BCUT2D eigenvalue weighted by Gasteiger charge is 2.37. The van der Waals surface area contributed by atoms with Crippen LogP contribution in [0.3, 0.4) is 0 Å². The fraction of sp³-hybridized carbons (Fsp3) is 1.00. The molecule has 0 radical (unpaired) electrons. The van der Waals surface area contributed by atoms with Crippen LogP contribution in [0.4, 0.5) is 0 Å². The van der Waals surface area contributed by atoms with E-state index < -0.39 is 0 Å². The molecule has 0 aromatic rings. The molecule has 1 saturated carbocycles. The molecule has 1 aliphatic carbocycles. The van der Waals surface area contributed by atoms with Crippen molar-refractivity contribution in [1.82, 2.24) is 5.32 Å². The van der Waals surface area contributed by atoms with Crippen molar-refractivity contribution >= 4 is 0 Å². The van der Waals surface area contributed by atoms with Gasteiger partial charge in [0.2, 0.25) is 0 Å². The lowest BCUT2D eigenvalue weighted by Crippen LogP contribution is -2.44. The lowest BCUT2D eigenvalue weighted by atomic mass is 9.77. The highest BCUT2D eigenvalue weighted by molar-refractivity contribution is 4.90. The average molecular weight is 241 g/mol. The Kier molecular flexibility index (Phi) is 6.50. The van der Waals surface area contributed by atoms with E-state index in [0.29, 0.717) is 6.04 Å². The molecule has 2 nitrogen and oxygen atoms in total. The Morgan fingerprint density at radius 2 is 1.94 bits per heavy atom. The molecule has 2 heteroatoms. The van der Waals surface area contributed by atoms with Gasteiger partial charge in [0, 0.05) is 12.6 Å². The summed E-state index contributed by atoms with van der Waals surface area (Å²) in [5.74, 6) is 0.718. The first-order valence-electron chi connectivity index (χ1n) is 7.45. The number of ether oxygens (including phenoxy) is 1. The Morgan fingerprint density at radius 3 is 2.41 bits per heavy atom. The molecule has 1 fully saturated rings. The van der Waals surface area contributed by atoms with Crippen LogP contribution in [0.15, 0.2) is 0 Å². The van der Waals surface area contributed by atoms with Crippen LogP contribution in [0.1, 0.15) is 66.2 Å². The van der Waals surface area contributed by atoms with Crippen LogP contribution >= 0.6 is 0 Å². The summed E-state index contributed by atoms with van der Waals surface area (Å²) in [4.78, 5) is 0. The Balaban J connectivity index is 2.21. The molecule has 1 N–H and O–H groups in total. The molecule has 102 valence electrons. The predicted molar refractivity (Wildman–Crippen MR) is 74.4 cm³/mol. The van der Waals surface area contributed by atoms with Gasteiger partial charge < -0.3 is 10.1 Å². The SMILES string of the molecule is CCCC(C)COC1(CCNC(C)C)CCC1. The van der Waals surface area contributed by atoms with E-state index in [2.05, 4.69) is 33.0 Å². The van der Waals surface area contributed by atoms with E-state index in [0.717, 1.165) is 19.1 Å². The molecule has 1 unspecified atom stereocenters. The summed E-state index contributed by atoms with van der Waals surface area (Å²) < 4.78 is 6.22. The van der Waals surface area contributed by atoms with Gasteiger partial charge >= 0.3 is 0 Å². The fourth-order valence-electron chi connectivity index (χ4n) is 2.52. The molecule has 0 spiro atoms. The van der Waals surface area contributed by atoms with Crippen molar-refractivity contribution in [3.63, 3.8) is 0 Å². The summed E-state index contributed by atoms with van der Waals surface area (Å²) in [6.07, 6.45) is 7.64. The van der Waals surface area contributed by atoms with Gasteiger partial charge in [-0.25, -0.2) is 0 Å². The van der Waals surface area contributed by atoms with Crippen molar-refractivity contribution in [3.8, 4) is 0 Å². The first-order valence-corrected chi connectivity index (χ1v) is 7.45. The van der Waals surface area contributed by atoms with Gasteiger partial charge in [-0.3, -0.25) is 0 Å². The van der Waals surface area contributed by atoms with Crippen LogP contribution < -0.4 is 5.32 Å². The third-order valence-electron chi connectivity index (χ3n) is 3.85. The van der Waals surface area contributed by atoms with Crippen molar-refractivity contribution in [3.05, 3.63) is 0 Å². The van der Waals surface area contributed by atoms with E-state index in [9.17, 15) is 0 Å².